The maximum atomic E-state index is 11.6. The smallest absolute Gasteiger partial charge is 0.244 e. The second-order valence-electron chi connectivity index (χ2n) is 4.33. The van der Waals surface area contributed by atoms with E-state index in [4.69, 9.17) is 11.6 Å². The van der Waals surface area contributed by atoms with E-state index in [1.165, 1.54) is 0 Å². The van der Waals surface area contributed by atoms with Gasteiger partial charge in [0.2, 0.25) is 11.1 Å². The van der Waals surface area contributed by atoms with Gasteiger partial charge in [0.1, 0.15) is 6.04 Å². The predicted molar refractivity (Wildman–Crippen MR) is 65.7 cm³/mol. The molecule has 1 unspecified atom stereocenters. The largest absolute Gasteiger partial charge is 0.344 e. The van der Waals surface area contributed by atoms with Gasteiger partial charge in [0, 0.05) is 12.3 Å². The van der Waals surface area contributed by atoms with Crippen molar-refractivity contribution < 1.29 is 9.59 Å². The van der Waals surface area contributed by atoms with E-state index in [1.54, 1.807) is 0 Å². The zero-order valence-corrected chi connectivity index (χ0v) is 10.1. The highest BCUT2D eigenvalue weighted by Gasteiger charge is 2.32. The Labute approximate surface area is 105 Å². The molecule has 1 N–H and O–H groups in total. The van der Waals surface area contributed by atoms with Crippen LogP contribution in [0.4, 0.5) is 0 Å². The summed E-state index contributed by atoms with van der Waals surface area (Å²) < 4.78 is 0. The first-order chi connectivity index (χ1) is 8.16. The maximum absolute atomic E-state index is 11.6. The van der Waals surface area contributed by atoms with E-state index < -0.39 is 11.3 Å². The third kappa shape index (κ3) is 3.56. The molecule has 1 aliphatic carbocycles. The lowest BCUT2D eigenvalue weighted by molar-refractivity contribution is -0.125. The number of amides is 1. The summed E-state index contributed by atoms with van der Waals surface area (Å²) in [6.45, 7) is 0. The Balaban J connectivity index is 1.97. The summed E-state index contributed by atoms with van der Waals surface area (Å²) in [5.41, 5.74) is 0.989. The molecule has 4 heteroatoms. The van der Waals surface area contributed by atoms with Gasteiger partial charge in [0.05, 0.1) is 0 Å². The fourth-order valence-electron chi connectivity index (χ4n) is 1.67. The van der Waals surface area contributed by atoms with Crippen molar-refractivity contribution in [1.29, 1.82) is 0 Å². The molecule has 1 amide bonds. The number of hydrogen-bond donors (Lipinski definition) is 1. The number of carbonyl (C=O) groups is 2. The third-order valence-electron chi connectivity index (χ3n) is 2.82. The molecule has 1 fully saturated rings. The molecule has 0 spiro atoms. The highest BCUT2D eigenvalue weighted by molar-refractivity contribution is 6.64. The predicted octanol–water partition coefficient (Wildman–Crippen LogP) is 1.89. The van der Waals surface area contributed by atoms with Gasteiger partial charge in [0.25, 0.3) is 0 Å². The van der Waals surface area contributed by atoms with E-state index >= 15 is 0 Å². The molecule has 1 saturated carbocycles. The first-order valence-corrected chi connectivity index (χ1v) is 6.08. The van der Waals surface area contributed by atoms with Gasteiger partial charge in [-0.2, -0.15) is 0 Å². The zero-order valence-electron chi connectivity index (χ0n) is 9.36. The number of rotatable bonds is 5. The fraction of sp³-hybridized carbons (Fsp3) is 0.385. The molecule has 3 nitrogen and oxygen atoms in total. The number of halogens is 1. The summed E-state index contributed by atoms with van der Waals surface area (Å²) in [6, 6.07) is 8.91. The lowest BCUT2D eigenvalue weighted by Gasteiger charge is -2.14. The molecule has 1 aromatic carbocycles. The van der Waals surface area contributed by atoms with E-state index in [0.717, 1.165) is 18.4 Å². The van der Waals surface area contributed by atoms with Crippen LogP contribution in [0.1, 0.15) is 18.4 Å². The molecular formula is C13H14ClNO2. The van der Waals surface area contributed by atoms with Crippen molar-refractivity contribution in [3.8, 4) is 0 Å². The van der Waals surface area contributed by atoms with E-state index in [0.29, 0.717) is 6.42 Å². The maximum Gasteiger partial charge on any atom is 0.244 e. The normalized spacial score (nSPS) is 16.3. The average molecular weight is 252 g/mol. The molecule has 17 heavy (non-hydrogen) atoms. The van der Waals surface area contributed by atoms with Gasteiger partial charge in [-0.25, -0.2) is 0 Å². The zero-order chi connectivity index (χ0) is 12.3. The van der Waals surface area contributed by atoms with Crippen LogP contribution >= 0.6 is 11.6 Å². The lowest BCUT2D eigenvalue weighted by atomic mass is 10.1. The Morgan fingerprint density at radius 1 is 1.29 bits per heavy atom. The fourth-order valence-corrected chi connectivity index (χ4v) is 1.80. The van der Waals surface area contributed by atoms with Gasteiger partial charge >= 0.3 is 0 Å². The van der Waals surface area contributed by atoms with Crippen molar-refractivity contribution >= 4 is 22.8 Å². The summed E-state index contributed by atoms with van der Waals surface area (Å²) in [4.78, 5) is 22.9. The van der Waals surface area contributed by atoms with Crippen molar-refractivity contribution in [2.45, 2.75) is 25.3 Å². The number of benzene rings is 1. The molecule has 1 atom stereocenters. The second-order valence-corrected chi connectivity index (χ2v) is 4.70. The molecule has 0 radical (unpaired) electrons. The van der Waals surface area contributed by atoms with Crippen molar-refractivity contribution in [1.82, 2.24) is 5.32 Å². The molecule has 0 aromatic heterocycles. The molecule has 90 valence electrons. The summed E-state index contributed by atoms with van der Waals surface area (Å²) in [7, 11) is 0. The Hall–Kier alpha value is -1.35. The van der Waals surface area contributed by atoms with Crippen LogP contribution in [0.5, 0.6) is 0 Å². The topological polar surface area (TPSA) is 46.2 Å². The van der Waals surface area contributed by atoms with Gasteiger partial charge in [-0.3, -0.25) is 9.59 Å². The van der Waals surface area contributed by atoms with E-state index in [9.17, 15) is 9.59 Å². The van der Waals surface area contributed by atoms with Crippen molar-refractivity contribution in [2.24, 2.45) is 5.92 Å². The van der Waals surface area contributed by atoms with Crippen molar-refractivity contribution in [3.63, 3.8) is 0 Å². The van der Waals surface area contributed by atoms with Gasteiger partial charge in [0.15, 0.2) is 0 Å². The van der Waals surface area contributed by atoms with Crippen LogP contribution in [-0.4, -0.2) is 17.2 Å². The third-order valence-corrected chi connectivity index (χ3v) is 3.08. The SMILES string of the molecule is O=C(NC(Cc1ccccc1)C(=O)Cl)C1CC1. The number of hydrogen-bond acceptors (Lipinski definition) is 2. The minimum absolute atomic E-state index is 0.0556. The van der Waals surface area contributed by atoms with Crippen LogP contribution in [0.2, 0.25) is 0 Å². The van der Waals surface area contributed by atoms with Crippen LogP contribution in [0.3, 0.4) is 0 Å². The number of carbonyl (C=O) groups excluding carboxylic acids is 2. The molecule has 0 heterocycles. The Morgan fingerprint density at radius 3 is 2.47 bits per heavy atom. The first-order valence-electron chi connectivity index (χ1n) is 5.70. The average Bonchev–Trinajstić information content (AvgIpc) is 3.13. The molecule has 2 rings (SSSR count). The van der Waals surface area contributed by atoms with E-state index in [1.807, 2.05) is 30.3 Å². The van der Waals surface area contributed by atoms with Crippen LogP contribution in [0, 0.1) is 5.92 Å². The standard InChI is InChI=1S/C13H14ClNO2/c14-12(16)11(15-13(17)10-6-7-10)8-9-4-2-1-3-5-9/h1-5,10-11H,6-8H2,(H,15,17). The summed E-state index contributed by atoms with van der Waals surface area (Å²) in [5, 5.41) is 2.20. The molecule has 1 aliphatic rings. The minimum atomic E-state index is -0.618. The highest BCUT2D eigenvalue weighted by Crippen LogP contribution is 2.29. The van der Waals surface area contributed by atoms with Gasteiger partial charge in [-0.1, -0.05) is 30.3 Å². The van der Waals surface area contributed by atoms with Crippen LogP contribution < -0.4 is 5.32 Å². The van der Waals surface area contributed by atoms with Gasteiger partial charge < -0.3 is 5.32 Å². The second kappa shape index (κ2) is 5.32. The first kappa shape index (κ1) is 12.1. The Morgan fingerprint density at radius 2 is 1.94 bits per heavy atom. The highest BCUT2D eigenvalue weighted by atomic mass is 35.5. The van der Waals surface area contributed by atoms with E-state index in [-0.39, 0.29) is 11.8 Å². The van der Waals surface area contributed by atoms with Crippen molar-refractivity contribution in [3.05, 3.63) is 35.9 Å². The van der Waals surface area contributed by atoms with Gasteiger partial charge in [-0.05, 0) is 30.0 Å². The van der Waals surface area contributed by atoms with Gasteiger partial charge in [-0.15, -0.1) is 0 Å². The van der Waals surface area contributed by atoms with E-state index in [2.05, 4.69) is 5.32 Å². The molecular weight excluding hydrogens is 238 g/mol. The lowest BCUT2D eigenvalue weighted by Crippen LogP contribution is -2.41. The van der Waals surface area contributed by atoms with Crippen LogP contribution in [0.25, 0.3) is 0 Å². The molecule has 0 aliphatic heterocycles. The molecule has 1 aromatic rings. The summed E-state index contributed by atoms with van der Waals surface area (Å²) in [5.74, 6) is 0.0317. The summed E-state index contributed by atoms with van der Waals surface area (Å²) >= 11 is 5.51. The van der Waals surface area contributed by atoms with Crippen molar-refractivity contribution in [2.75, 3.05) is 0 Å². The summed E-state index contributed by atoms with van der Waals surface area (Å²) in [6.07, 6.45) is 2.28. The van der Waals surface area contributed by atoms with Crippen LogP contribution in [0.15, 0.2) is 30.3 Å². The number of nitrogens with one attached hydrogen (secondary N) is 1. The minimum Gasteiger partial charge on any atom is -0.344 e. The Bertz CT molecular complexity index is 415. The molecule has 0 bridgehead atoms. The molecule has 0 saturated heterocycles. The Kier molecular flexibility index (Phi) is 3.79. The van der Waals surface area contributed by atoms with Crippen LogP contribution in [-0.2, 0) is 16.0 Å². The quantitative estimate of drug-likeness (QED) is 0.813. The monoisotopic (exact) mass is 251 g/mol.